The third kappa shape index (κ3) is 1.62. The zero-order chi connectivity index (χ0) is 11.7. The summed E-state index contributed by atoms with van der Waals surface area (Å²) in [6.45, 7) is 0. The number of carboxylic acids is 1. The van der Waals surface area contributed by atoms with Gasteiger partial charge in [0.15, 0.2) is 0 Å². The number of carbonyl (C=O) groups is 1. The van der Waals surface area contributed by atoms with E-state index in [4.69, 9.17) is 5.11 Å². The number of hydrogen-bond donors (Lipinski definition) is 1. The molecule has 1 atom stereocenters. The molecule has 0 bridgehead atoms. The molecule has 0 amide bonds. The Morgan fingerprint density at radius 2 is 1.88 bits per heavy atom. The third-order valence-corrected chi connectivity index (χ3v) is 2.38. The van der Waals surface area contributed by atoms with E-state index in [1.54, 1.807) is 18.2 Å². The molecular formula is C12H8F2O2. The molecule has 2 rings (SSSR count). The van der Waals surface area contributed by atoms with E-state index in [0.717, 1.165) is 6.07 Å². The smallest absolute Gasteiger partial charge is 0.343 e. The molecule has 0 heterocycles. The summed E-state index contributed by atoms with van der Waals surface area (Å²) in [5.41, 5.74) is -0.439. The van der Waals surface area contributed by atoms with Crippen LogP contribution in [0.2, 0.25) is 0 Å². The van der Waals surface area contributed by atoms with Crippen molar-refractivity contribution in [3.63, 3.8) is 0 Å². The second-order valence-electron chi connectivity index (χ2n) is 3.39. The molecule has 2 aromatic rings. The van der Waals surface area contributed by atoms with Crippen molar-refractivity contribution in [1.29, 1.82) is 0 Å². The number of aliphatic carboxylic acids is 1. The number of carboxylic acid groups (broad SMARTS) is 1. The predicted molar refractivity (Wildman–Crippen MR) is 55.4 cm³/mol. The normalized spacial score (nSPS) is 12.6. The highest BCUT2D eigenvalue weighted by Gasteiger charge is 2.23. The van der Waals surface area contributed by atoms with Crippen molar-refractivity contribution < 1.29 is 18.7 Å². The molecule has 0 spiro atoms. The second kappa shape index (κ2) is 3.89. The molecular weight excluding hydrogens is 214 g/mol. The van der Waals surface area contributed by atoms with Gasteiger partial charge in [-0.15, -0.1) is 0 Å². The number of halogens is 2. The molecule has 2 nitrogen and oxygen atoms in total. The van der Waals surface area contributed by atoms with Gasteiger partial charge in [-0.2, -0.15) is 0 Å². The second-order valence-corrected chi connectivity index (χ2v) is 3.39. The van der Waals surface area contributed by atoms with Gasteiger partial charge in [0.25, 0.3) is 0 Å². The van der Waals surface area contributed by atoms with Gasteiger partial charge in [-0.25, -0.2) is 13.6 Å². The minimum absolute atomic E-state index is 0.226. The molecule has 0 aliphatic rings. The highest BCUT2D eigenvalue weighted by molar-refractivity contribution is 5.85. The lowest BCUT2D eigenvalue weighted by Crippen LogP contribution is -2.08. The van der Waals surface area contributed by atoms with E-state index in [0.29, 0.717) is 5.39 Å². The molecule has 0 aromatic heterocycles. The van der Waals surface area contributed by atoms with Crippen LogP contribution in [0.5, 0.6) is 0 Å². The average Bonchev–Trinajstić information content (AvgIpc) is 2.29. The molecule has 0 saturated heterocycles. The lowest BCUT2D eigenvalue weighted by atomic mass is 10.0. The van der Waals surface area contributed by atoms with Crippen molar-refractivity contribution in [2.75, 3.05) is 0 Å². The Labute approximate surface area is 90.1 Å². The Morgan fingerprint density at radius 1 is 1.19 bits per heavy atom. The molecule has 2 aromatic carbocycles. The molecule has 0 aliphatic heterocycles. The van der Waals surface area contributed by atoms with Gasteiger partial charge >= 0.3 is 5.97 Å². The van der Waals surface area contributed by atoms with Crippen LogP contribution >= 0.6 is 0 Å². The summed E-state index contributed by atoms with van der Waals surface area (Å²) in [4.78, 5) is 10.4. The van der Waals surface area contributed by atoms with Gasteiger partial charge in [-0.05, 0) is 5.39 Å². The van der Waals surface area contributed by atoms with Crippen LogP contribution in [0.25, 0.3) is 10.8 Å². The summed E-state index contributed by atoms with van der Waals surface area (Å²) in [5.74, 6) is -2.50. The Kier molecular flexibility index (Phi) is 2.56. The number of hydrogen-bond acceptors (Lipinski definition) is 1. The first-order valence-electron chi connectivity index (χ1n) is 4.65. The van der Waals surface area contributed by atoms with Crippen molar-refractivity contribution in [1.82, 2.24) is 0 Å². The van der Waals surface area contributed by atoms with Crippen LogP contribution in [0, 0.1) is 5.82 Å². The Balaban J connectivity index is 2.65. The van der Waals surface area contributed by atoms with Crippen molar-refractivity contribution >= 4 is 16.7 Å². The monoisotopic (exact) mass is 222 g/mol. The fourth-order valence-corrected chi connectivity index (χ4v) is 1.58. The highest BCUT2D eigenvalue weighted by atomic mass is 19.1. The van der Waals surface area contributed by atoms with E-state index in [-0.39, 0.29) is 5.39 Å². The Hall–Kier alpha value is -1.97. The highest BCUT2D eigenvalue weighted by Crippen LogP contribution is 2.27. The zero-order valence-corrected chi connectivity index (χ0v) is 8.15. The minimum Gasteiger partial charge on any atom is -0.479 e. The van der Waals surface area contributed by atoms with E-state index < -0.39 is 23.5 Å². The van der Waals surface area contributed by atoms with Crippen LogP contribution in [0.1, 0.15) is 11.7 Å². The van der Waals surface area contributed by atoms with Crippen molar-refractivity contribution in [2.45, 2.75) is 6.17 Å². The van der Waals surface area contributed by atoms with Gasteiger partial charge in [0.1, 0.15) is 5.82 Å². The van der Waals surface area contributed by atoms with E-state index >= 15 is 0 Å². The van der Waals surface area contributed by atoms with Crippen molar-refractivity contribution in [2.24, 2.45) is 0 Å². The molecule has 82 valence electrons. The number of fused-ring (bicyclic) bond motifs is 1. The van der Waals surface area contributed by atoms with E-state index in [1.165, 1.54) is 12.1 Å². The standard InChI is InChI=1S/C12H8F2O2/c13-10-8-4-2-1-3-7(8)5-6-9(10)11(14)12(15)16/h1-6,11H,(H,15,16). The Bertz CT molecular complexity index is 552. The van der Waals surface area contributed by atoms with Crippen LogP contribution < -0.4 is 0 Å². The van der Waals surface area contributed by atoms with E-state index in [1.807, 2.05) is 0 Å². The van der Waals surface area contributed by atoms with Gasteiger partial charge < -0.3 is 5.11 Å². The van der Waals surface area contributed by atoms with Gasteiger partial charge in [0, 0.05) is 10.9 Å². The molecule has 0 aliphatic carbocycles. The number of benzene rings is 2. The van der Waals surface area contributed by atoms with E-state index in [9.17, 15) is 13.6 Å². The van der Waals surface area contributed by atoms with Crippen molar-refractivity contribution in [3.8, 4) is 0 Å². The van der Waals surface area contributed by atoms with Gasteiger partial charge in [-0.1, -0.05) is 36.4 Å². The minimum atomic E-state index is -2.33. The summed E-state index contributed by atoms with van der Waals surface area (Å²) in [7, 11) is 0. The summed E-state index contributed by atoms with van der Waals surface area (Å²) < 4.78 is 27.0. The largest absolute Gasteiger partial charge is 0.479 e. The van der Waals surface area contributed by atoms with Crippen LogP contribution in [-0.2, 0) is 4.79 Å². The summed E-state index contributed by atoms with van der Waals surface area (Å²) in [6.07, 6.45) is -2.33. The fourth-order valence-electron chi connectivity index (χ4n) is 1.58. The van der Waals surface area contributed by atoms with Crippen LogP contribution in [0.15, 0.2) is 36.4 Å². The number of rotatable bonds is 2. The molecule has 1 N–H and O–H groups in total. The summed E-state index contributed by atoms with van der Waals surface area (Å²) in [6, 6.07) is 9.17. The average molecular weight is 222 g/mol. The fraction of sp³-hybridized carbons (Fsp3) is 0.0833. The maximum Gasteiger partial charge on any atom is 0.343 e. The maximum atomic E-state index is 13.8. The molecule has 0 saturated carbocycles. The summed E-state index contributed by atoms with van der Waals surface area (Å²) in [5, 5.41) is 9.33. The van der Waals surface area contributed by atoms with Crippen LogP contribution in [0.3, 0.4) is 0 Å². The number of alkyl halides is 1. The topological polar surface area (TPSA) is 37.3 Å². The third-order valence-electron chi connectivity index (χ3n) is 2.38. The molecule has 0 fully saturated rings. The quantitative estimate of drug-likeness (QED) is 0.847. The molecule has 16 heavy (non-hydrogen) atoms. The predicted octanol–water partition coefficient (Wildman–Crippen LogP) is 3.07. The van der Waals surface area contributed by atoms with Gasteiger partial charge in [-0.3, -0.25) is 0 Å². The lowest BCUT2D eigenvalue weighted by Gasteiger charge is -2.07. The first-order chi connectivity index (χ1) is 7.61. The zero-order valence-electron chi connectivity index (χ0n) is 8.15. The Morgan fingerprint density at radius 3 is 2.56 bits per heavy atom. The van der Waals surface area contributed by atoms with Crippen LogP contribution in [0.4, 0.5) is 8.78 Å². The van der Waals surface area contributed by atoms with Crippen molar-refractivity contribution in [3.05, 3.63) is 47.8 Å². The maximum absolute atomic E-state index is 13.8. The molecule has 0 radical (unpaired) electrons. The lowest BCUT2D eigenvalue weighted by molar-refractivity contribution is -0.143. The van der Waals surface area contributed by atoms with Gasteiger partial charge in [0.2, 0.25) is 6.17 Å². The summed E-state index contributed by atoms with van der Waals surface area (Å²) >= 11 is 0. The molecule has 4 heteroatoms. The molecule has 1 unspecified atom stereocenters. The first-order valence-corrected chi connectivity index (χ1v) is 4.65. The van der Waals surface area contributed by atoms with Crippen LogP contribution in [-0.4, -0.2) is 11.1 Å². The SMILES string of the molecule is O=C(O)C(F)c1ccc2ccccc2c1F. The van der Waals surface area contributed by atoms with E-state index in [2.05, 4.69) is 0 Å². The van der Waals surface area contributed by atoms with Gasteiger partial charge in [0.05, 0.1) is 0 Å². The first kappa shape index (κ1) is 10.5.